The van der Waals surface area contributed by atoms with Crippen molar-refractivity contribution < 1.29 is 19.1 Å². The van der Waals surface area contributed by atoms with Crippen LogP contribution in [0.25, 0.3) is 0 Å². The highest BCUT2D eigenvalue weighted by molar-refractivity contribution is 5.94. The summed E-state index contributed by atoms with van der Waals surface area (Å²) in [5.41, 5.74) is 3.49. The largest absolute Gasteiger partial charge is 0.494 e. The van der Waals surface area contributed by atoms with Crippen LogP contribution in [-0.4, -0.2) is 50.9 Å². The van der Waals surface area contributed by atoms with Crippen molar-refractivity contribution in [3.8, 4) is 17.2 Å². The van der Waals surface area contributed by atoms with E-state index in [0.717, 1.165) is 16.7 Å². The van der Waals surface area contributed by atoms with Crippen molar-refractivity contribution in [1.29, 1.82) is 0 Å². The zero-order chi connectivity index (χ0) is 26.1. The fourth-order valence-electron chi connectivity index (χ4n) is 5.02. The van der Waals surface area contributed by atoms with Gasteiger partial charge in [-0.2, -0.15) is 0 Å². The summed E-state index contributed by atoms with van der Waals surface area (Å²) in [6.45, 7) is 1.42. The smallest absolute Gasteiger partial charge is 0.290 e. The van der Waals surface area contributed by atoms with E-state index in [1.165, 1.54) is 6.20 Å². The number of hydrogen-bond acceptors (Lipinski definition) is 6. The Morgan fingerprint density at radius 1 is 1.08 bits per heavy atom. The van der Waals surface area contributed by atoms with E-state index in [2.05, 4.69) is 15.3 Å². The number of rotatable bonds is 1. The number of pyridine rings is 1. The van der Waals surface area contributed by atoms with Crippen LogP contribution < -0.4 is 14.8 Å². The lowest BCUT2D eigenvalue weighted by molar-refractivity contribution is 0.0677. The van der Waals surface area contributed by atoms with E-state index in [-0.39, 0.29) is 17.9 Å². The highest BCUT2D eigenvalue weighted by Gasteiger charge is 2.34. The Labute approximate surface area is 220 Å². The normalized spacial score (nSPS) is 17.0. The molecule has 4 aromatic rings. The molecule has 0 saturated heterocycles. The van der Waals surface area contributed by atoms with Gasteiger partial charge in [0.25, 0.3) is 11.8 Å². The molecule has 38 heavy (non-hydrogen) atoms. The van der Waals surface area contributed by atoms with E-state index < -0.39 is 0 Å². The topological polar surface area (TPSA) is 98.6 Å². The maximum Gasteiger partial charge on any atom is 0.290 e. The molecule has 5 heterocycles. The predicted octanol–water partition coefficient (Wildman–Crippen LogP) is 3.91. The molecule has 1 atom stereocenters. The van der Waals surface area contributed by atoms with Crippen LogP contribution in [0.1, 0.15) is 50.1 Å². The zero-order valence-electron chi connectivity index (χ0n) is 21.0. The minimum Gasteiger partial charge on any atom is -0.494 e. The van der Waals surface area contributed by atoms with Gasteiger partial charge in [-0.25, -0.2) is 4.98 Å². The first-order valence-corrected chi connectivity index (χ1v) is 12.6. The number of nitrogens with zero attached hydrogens (tertiary/aromatic N) is 4. The first kappa shape index (κ1) is 23.7. The molecule has 3 aliphatic heterocycles. The van der Waals surface area contributed by atoms with Crippen LogP contribution in [0.4, 0.5) is 0 Å². The van der Waals surface area contributed by atoms with Gasteiger partial charge in [0.1, 0.15) is 17.2 Å². The fourth-order valence-corrected chi connectivity index (χ4v) is 5.02. The third-order valence-corrected chi connectivity index (χ3v) is 6.88. The SMILES string of the molecule is Cn1ccnc1C(=O)N1CCc2cc3ccc2C1c1cccc(c1)OCCCNC(=O)c1cncc(c1)O3. The third kappa shape index (κ3) is 4.58. The summed E-state index contributed by atoms with van der Waals surface area (Å²) in [5.74, 6) is 1.90. The Morgan fingerprint density at radius 2 is 2.00 bits per heavy atom. The Bertz CT molecular complexity index is 1510. The zero-order valence-corrected chi connectivity index (χ0v) is 21.0. The van der Waals surface area contributed by atoms with E-state index in [0.29, 0.717) is 61.2 Å². The molecule has 0 aliphatic carbocycles. The monoisotopic (exact) mass is 509 g/mol. The van der Waals surface area contributed by atoms with E-state index in [1.54, 1.807) is 29.2 Å². The fraction of sp³-hybridized carbons (Fsp3) is 0.241. The van der Waals surface area contributed by atoms with Crippen molar-refractivity contribution >= 4 is 11.8 Å². The molecule has 192 valence electrons. The second-order valence-electron chi connectivity index (χ2n) is 9.42. The number of fused-ring (bicyclic) bond motifs is 6. The molecule has 1 unspecified atom stereocenters. The summed E-state index contributed by atoms with van der Waals surface area (Å²) in [7, 11) is 1.83. The van der Waals surface area contributed by atoms with Crippen molar-refractivity contribution in [3.05, 3.63) is 101 Å². The van der Waals surface area contributed by atoms with Crippen molar-refractivity contribution in [2.45, 2.75) is 18.9 Å². The van der Waals surface area contributed by atoms with Crippen LogP contribution in [-0.2, 0) is 13.5 Å². The number of aryl methyl sites for hydroxylation is 1. The van der Waals surface area contributed by atoms with Crippen LogP contribution in [0.5, 0.6) is 17.2 Å². The summed E-state index contributed by atoms with van der Waals surface area (Å²) < 4.78 is 13.9. The van der Waals surface area contributed by atoms with Crippen LogP contribution in [0.3, 0.4) is 0 Å². The second-order valence-corrected chi connectivity index (χ2v) is 9.42. The molecule has 9 nitrogen and oxygen atoms in total. The van der Waals surface area contributed by atoms with E-state index in [1.807, 2.05) is 54.4 Å². The standard InChI is InChI=1S/C29H27N5O4/c1-33-12-10-31-27(33)29(36)34-11-8-19-14-23-6-7-25(19)26(34)20-4-2-5-22(15-20)37-13-3-9-32-28(35)21-16-24(38-23)18-30-17-21/h2,4-7,10,12,14-18,26H,3,8-9,11,13H2,1H3,(H,32,35). The van der Waals surface area contributed by atoms with Gasteiger partial charge in [0, 0.05) is 38.7 Å². The molecule has 9 heteroatoms. The maximum absolute atomic E-state index is 13.7. The number of hydrogen-bond donors (Lipinski definition) is 1. The maximum atomic E-state index is 13.7. The first-order chi connectivity index (χ1) is 18.6. The summed E-state index contributed by atoms with van der Waals surface area (Å²) in [6, 6.07) is 15.1. The quantitative estimate of drug-likeness (QED) is 0.418. The van der Waals surface area contributed by atoms with Crippen LogP contribution >= 0.6 is 0 Å². The van der Waals surface area contributed by atoms with Crippen molar-refractivity contribution in [2.24, 2.45) is 7.05 Å². The van der Waals surface area contributed by atoms with Gasteiger partial charge in [0.05, 0.1) is 24.4 Å². The number of aromatic nitrogens is 3. The number of amides is 2. The van der Waals surface area contributed by atoms with Gasteiger partial charge in [-0.1, -0.05) is 18.2 Å². The molecule has 0 radical (unpaired) electrons. The van der Waals surface area contributed by atoms with Crippen LogP contribution in [0.15, 0.2) is 73.3 Å². The van der Waals surface area contributed by atoms with E-state index in [4.69, 9.17) is 9.47 Å². The highest BCUT2D eigenvalue weighted by atomic mass is 16.5. The van der Waals surface area contributed by atoms with Gasteiger partial charge in [0.15, 0.2) is 5.82 Å². The second kappa shape index (κ2) is 10.0. The van der Waals surface area contributed by atoms with Gasteiger partial charge in [-0.15, -0.1) is 0 Å². The van der Waals surface area contributed by atoms with Crippen LogP contribution in [0, 0.1) is 0 Å². The van der Waals surface area contributed by atoms with Crippen molar-refractivity contribution in [3.63, 3.8) is 0 Å². The van der Waals surface area contributed by atoms with E-state index >= 15 is 0 Å². The summed E-state index contributed by atoms with van der Waals surface area (Å²) in [4.78, 5) is 36.6. The van der Waals surface area contributed by atoms with E-state index in [9.17, 15) is 9.59 Å². The molecule has 3 aliphatic rings. The Kier molecular flexibility index (Phi) is 6.25. The number of nitrogens with one attached hydrogen (secondary N) is 1. The summed E-state index contributed by atoms with van der Waals surface area (Å²) in [5, 5.41) is 2.90. The van der Waals surface area contributed by atoms with Gasteiger partial charge in [-0.05, 0) is 59.9 Å². The molecule has 2 amide bonds. The average Bonchev–Trinajstić information content (AvgIpc) is 3.37. The van der Waals surface area contributed by atoms with Crippen molar-refractivity contribution in [2.75, 3.05) is 19.7 Å². The average molecular weight is 510 g/mol. The molecule has 2 aromatic heterocycles. The number of benzene rings is 2. The Balaban J connectivity index is 1.43. The number of imidazole rings is 1. The van der Waals surface area contributed by atoms with Gasteiger partial charge in [0.2, 0.25) is 0 Å². The van der Waals surface area contributed by atoms with Gasteiger partial charge < -0.3 is 24.3 Å². The lowest BCUT2D eigenvalue weighted by Gasteiger charge is -2.37. The molecule has 0 fully saturated rings. The molecule has 7 rings (SSSR count). The summed E-state index contributed by atoms with van der Waals surface area (Å²) >= 11 is 0. The Morgan fingerprint density at radius 3 is 2.87 bits per heavy atom. The van der Waals surface area contributed by atoms with Gasteiger partial charge in [-0.3, -0.25) is 14.6 Å². The highest BCUT2D eigenvalue weighted by Crippen LogP contribution is 2.39. The Hall–Kier alpha value is -4.66. The molecular formula is C29H27N5O4. The minimum absolute atomic E-state index is 0.124. The van der Waals surface area contributed by atoms with Crippen molar-refractivity contribution in [1.82, 2.24) is 24.8 Å². The molecular weight excluding hydrogens is 482 g/mol. The molecule has 1 N–H and O–H groups in total. The lowest BCUT2D eigenvalue weighted by atomic mass is 9.87. The lowest BCUT2D eigenvalue weighted by Crippen LogP contribution is -2.41. The van der Waals surface area contributed by atoms with Gasteiger partial charge >= 0.3 is 0 Å². The first-order valence-electron chi connectivity index (χ1n) is 12.6. The number of carbonyl (C=O) groups is 2. The molecule has 2 aromatic carbocycles. The molecule has 8 bridgehead atoms. The molecule has 0 saturated carbocycles. The summed E-state index contributed by atoms with van der Waals surface area (Å²) in [6.07, 6.45) is 7.82. The minimum atomic E-state index is -0.316. The third-order valence-electron chi connectivity index (χ3n) is 6.88. The predicted molar refractivity (Wildman–Crippen MR) is 139 cm³/mol. The van der Waals surface area contributed by atoms with Crippen LogP contribution in [0.2, 0.25) is 0 Å². The number of ether oxygens (including phenoxy) is 2. The number of carbonyl (C=O) groups excluding carboxylic acids is 2. The molecule has 0 spiro atoms.